The van der Waals surface area contributed by atoms with Crippen molar-refractivity contribution in [3.05, 3.63) is 58.6 Å². The van der Waals surface area contributed by atoms with Gasteiger partial charge in [0, 0.05) is 18.0 Å². The van der Waals surface area contributed by atoms with Gasteiger partial charge in [-0.05, 0) is 43.7 Å². The number of halogens is 1. The van der Waals surface area contributed by atoms with E-state index in [1.807, 2.05) is 0 Å². The van der Waals surface area contributed by atoms with Gasteiger partial charge >= 0.3 is 5.97 Å². The zero-order chi connectivity index (χ0) is 22.5. The summed E-state index contributed by atoms with van der Waals surface area (Å²) < 4.78 is 10.3. The molecule has 0 bridgehead atoms. The lowest BCUT2D eigenvalue weighted by atomic mass is 10.1. The number of imide groups is 1. The molecule has 1 aliphatic rings. The highest BCUT2D eigenvalue weighted by Gasteiger charge is 2.34. The van der Waals surface area contributed by atoms with Crippen LogP contribution in [0.3, 0.4) is 0 Å². The normalized spacial score (nSPS) is 13.6. The molecule has 162 valence electrons. The molecular weight excluding hydrogens is 424 g/mol. The maximum Gasteiger partial charge on any atom is 0.306 e. The summed E-state index contributed by atoms with van der Waals surface area (Å²) in [4.78, 5) is 50.2. The Morgan fingerprint density at radius 1 is 1.10 bits per heavy atom. The number of hydrogen-bond donors (Lipinski definition) is 1. The second-order valence-electron chi connectivity index (χ2n) is 6.88. The molecule has 1 heterocycles. The number of fused-ring (bicyclic) bond motifs is 1. The zero-order valence-corrected chi connectivity index (χ0v) is 17.8. The minimum atomic E-state index is -1.06. The molecule has 2 aromatic rings. The van der Waals surface area contributed by atoms with Gasteiger partial charge in [-0.2, -0.15) is 0 Å². The lowest BCUT2D eigenvalue weighted by Crippen LogP contribution is -2.32. The van der Waals surface area contributed by atoms with Crippen LogP contribution in [-0.2, 0) is 14.3 Å². The molecule has 2 aromatic carbocycles. The molecule has 3 amide bonds. The molecule has 3 rings (SSSR count). The molecule has 0 saturated heterocycles. The van der Waals surface area contributed by atoms with E-state index in [2.05, 4.69) is 5.32 Å². The quantitative estimate of drug-likeness (QED) is 0.495. The Kier molecular flexibility index (Phi) is 6.91. The van der Waals surface area contributed by atoms with Gasteiger partial charge in [-0.25, -0.2) is 0 Å². The summed E-state index contributed by atoms with van der Waals surface area (Å²) in [5, 5.41) is 3.02. The first-order chi connectivity index (χ1) is 14.8. The van der Waals surface area contributed by atoms with E-state index in [4.69, 9.17) is 21.1 Å². The Labute approximate surface area is 184 Å². The number of methoxy groups -OCH3 is 1. The summed E-state index contributed by atoms with van der Waals surface area (Å²) in [7, 11) is 1.46. The fraction of sp³-hybridized carbons (Fsp3) is 0.273. The Hall–Kier alpha value is -3.39. The molecule has 8 nitrogen and oxygen atoms in total. The molecule has 1 unspecified atom stereocenters. The lowest BCUT2D eigenvalue weighted by Gasteiger charge is -2.16. The van der Waals surface area contributed by atoms with E-state index in [0.29, 0.717) is 27.6 Å². The minimum absolute atomic E-state index is 0.0501. The molecule has 1 atom stereocenters. The predicted molar refractivity (Wildman–Crippen MR) is 113 cm³/mol. The highest BCUT2D eigenvalue weighted by molar-refractivity contribution is 6.31. The second kappa shape index (κ2) is 9.61. The monoisotopic (exact) mass is 444 g/mol. The third-order valence-electron chi connectivity index (χ3n) is 4.74. The van der Waals surface area contributed by atoms with Gasteiger partial charge in [-0.3, -0.25) is 24.1 Å². The number of anilines is 1. The topological polar surface area (TPSA) is 102 Å². The van der Waals surface area contributed by atoms with E-state index in [1.165, 1.54) is 20.1 Å². The smallest absolute Gasteiger partial charge is 0.306 e. The molecule has 1 N–H and O–H groups in total. The molecule has 0 radical (unpaired) electrons. The Bertz CT molecular complexity index is 1000. The van der Waals surface area contributed by atoms with Crippen molar-refractivity contribution in [2.24, 2.45) is 0 Å². The van der Waals surface area contributed by atoms with Gasteiger partial charge in [0.15, 0.2) is 6.10 Å². The molecular formula is C22H21ClN2O6. The Morgan fingerprint density at radius 2 is 1.74 bits per heavy atom. The van der Waals surface area contributed by atoms with Crippen LogP contribution in [0.2, 0.25) is 5.02 Å². The van der Waals surface area contributed by atoms with Crippen LogP contribution >= 0.6 is 11.6 Å². The van der Waals surface area contributed by atoms with Crippen LogP contribution in [0, 0.1) is 0 Å². The second-order valence-corrected chi connectivity index (χ2v) is 7.31. The minimum Gasteiger partial charge on any atom is -0.495 e. The van der Waals surface area contributed by atoms with Crippen molar-refractivity contribution >= 4 is 41.0 Å². The molecule has 0 saturated carbocycles. The SMILES string of the molecule is COc1ccc(Cl)cc1NC(=O)C(C)OC(=O)CCCN1C(=O)c2ccccc2C1=O. The number of hydrogen-bond acceptors (Lipinski definition) is 6. The Balaban J connectivity index is 1.48. The van der Waals surface area contributed by atoms with Crippen molar-refractivity contribution < 1.29 is 28.7 Å². The van der Waals surface area contributed by atoms with E-state index in [-0.39, 0.29) is 31.2 Å². The van der Waals surface area contributed by atoms with Gasteiger partial charge in [0.1, 0.15) is 5.75 Å². The number of benzene rings is 2. The number of amides is 3. The van der Waals surface area contributed by atoms with Crippen molar-refractivity contribution in [2.75, 3.05) is 19.0 Å². The first-order valence-electron chi connectivity index (χ1n) is 9.61. The van der Waals surface area contributed by atoms with Crippen LogP contribution in [0.4, 0.5) is 5.69 Å². The molecule has 1 aliphatic heterocycles. The van der Waals surface area contributed by atoms with Crippen LogP contribution < -0.4 is 10.1 Å². The number of carbonyl (C=O) groups excluding carboxylic acids is 4. The number of carbonyl (C=O) groups is 4. The maximum absolute atomic E-state index is 12.3. The summed E-state index contributed by atoms with van der Waals surface area (Å²) in [6.07, 6.45) is -0.887. The highest BCUT2D eigenvalue weighted by Crippen LogP contribution is 2.28. The van der Waals surface area contributed by atoms with Crippen LogP contribution in [0.15, 0.2) is 42.5 Å². The van der Waals surface area contributed by atoms with E-state index < -0.39 is 18.0 Å². The highest BCUT2D eigenvalue weighted by atomic mass is 35.5. The van der Waals surface area contributed by atoms with Crippen molar-refractivity contribution in [1.29, 1.82) is 0 Å². The number of rotatable bonds is 8. The van der Waals surface area contributed by atoms with E-state index in [1.54, 1.807) is 36.4 Å². The number of esters is 1. The Morgan fingerprint density at radius 3 is 2.35 bits per heavy atom. The molecule has 0 aromatic heterocycles. The van der Waals surface area contributed by atoms with Gasteiger partial charge in [0.25, 0.3) is 17.7 Å². The standard InChI is InChI=1S/C22H21ClN2O6/c1-13(20(27)24-17-12-14(23)9-10-18(17)30-2)31-19(26)8-5-11-25-21(28)15-6-3-4-7-16(15)22(25)29/h3-4,6-7,9-10,12-13H,5,8,11H2,1-2H3,(H,24,27). The first kappa shape index (κ1) is 22.3. The lowest BCUT2D eigenvalue weighted by molar-refractivity contribution is -0.153. The summed E-state index contributed by atoms with van der Waals surface area (Å²) in [5.41, 5.74) is 1.07. The van der Waals surface area contributed by atoms with E-state index in [9.17, 15) is 19.2 Å². The number of nitrogens with one attached hydrogen (secondary N) is 1. The van der Waals surface area contributed by atoms with Crippen molar-refractivity contribution in [1.82, 2.24) is 4.90 Å². The first-order valence-corrected chi connectivity index (χ1v) is 9.98. The van der Waals surface area contributed by atoms with Crippen LogP contribution in [-0.4, -0.2) is 48.3 Å². The molecule has 0 fully saturated rings. The van der Waals surface area contributed by atoms with E-state index in [0.717, 1.165) is 4.90 Å². The number of ether oxygens (including phenoxy) is 2. The molecule has 31 heavy (non-hydrogen) atoms. The van der Waals surface area contributed by atoms with Gasteiger partial charge in [0.2, 0.25) is 0 Å². The third kappa shape index (κ3) is 5.03. The van der Waals surface area contributed by atoms with Gasteiger partial charge in [-0.15, -0.1) is 0 Å². The fourth-order valence-corrected chi connectivity index (χ4v) is 3.32. The summed E-state index contributed by atoms with van der Waals surface area (Å²) >= 11 is 5.94. The van der Waals surface area contributed by atoms with Gasteiger partial charge < -0.3 is 14.8 Å². The predicted octanol–water partition coefficient (Wildman–Crippen LogP) is 3.30. The van der Waals surface area contributed by atoms with Crippen molar-refractivity contribution in [3.8, 4) is 5.75 Å². The van der Waals surface area contributed by atoms with Gasteiger partial charge in [-0.1, -0.05) is 23.7 Å². The van der Waals surface area contributed by atoms with Crippen LogP contribution in [0.1, 0.15) is 40.5 Å². The maximum atomic E-state index is 12.3. The summed E-state index contributed by atoms with van der Waals surface area (Å²) in [6, 6.07) is 11.3. The zero-order valence-electron chi connectivity index (χ0n) is 17.0. The molecule has 9 heteroatoms. The molecule has 0 spiro atoms. The summed E-state index contributed by atoms with van der Waals surface area (Å²) in [5.74, 6) is -1.50. The summed E-state index contributed by atoms with van der Waals surface area (Å²) in [6.45, 7) is 1.52. The van der Waals surface area contributed by atoms with Gasteiger partial charge in [0.05, 0.1) is 23.9 Å². The molecule has 0 aliphatic carbocycles. The van der Waals surface area contributed by atoms with Crippen molar-refractivity contribution in [3.63, 3.8) is 0 Å². The van der Waals surface area contributed by atoms with Crippen LogP contribution in [0.25, 0.3) is 0 Å². The average molecular weight is 445 g/mol. The van der Waals surface area contributed by atoms with E-state index >= 15 is 0 Å². The largest absolute Gasteiger partial charge is 0.495 e. The van der Waals surface area contributed by atoms with Crippen LogP contribution in [0.5, 0.6) is 5.75 Å². The average Bonchev–Trinajstić information content (AvgIpc) is 2.99. The number of nitrogens with zero attached hydrogens (tertiary/aromatic N) is 1. The van der Waals surface area contributed by atoms with Crippen molar-refractivity contribution in [2.45, 2.75) is 25.9 Å². The fourth-order valence-electron chi connectivity index (χ4n) is 3.15. The third-order valence-corrected chi connectivity index (χ3v) is 4.97.